The predicted molar refractivity (Wildman–Crippen MR) is 130 cm³/mol. The van der Waals surface area contributed by atoms with Crippen molar-refractivity contribution in [2.24, 2.45) is 0 Å². The molecule has 0 aliphatic heterocycles. The lowest BCUT2D eigenvalue weighted by molar-refractivity contribution is -0.143. The maximum Gasteiger partial charge on any atom is 0.407 e. The molecule has 0 fully saturated rings. The van der Waals surface area contributed by atoms with Gasteiger partial charge in [0.25, 0.3) is 0 Å². The van der Waals surface area contributed by atoms with Crippen LogP contribution < -0.4 is 10.1 Å². The summed E-state index contributed by atoms with van der Waals surface area (Å²) in [4.78, 5) is 25.0. The molecule has 1 aliphatic rings. The molecule has 1 atom stereocenters. The van der Waals surface area contributed by atoms with Gasteiger partial charge < -0.3 is 19.5 Å². The Hall–Kier alpha value is -4.06. The molecule has 0 saturated heterocycles. The van der Waals surface area contributed by atoms with E-state index in [1.54, 1.807) is 18.2 Å². The Kier molecular flexibility index (Phi) is 7.28. The largest absolute Gasteiger partial charge is 0.490 e. The fraction of sp³-hybridized carbons (Fsp3) is 0.214. The molecule has 0 spiro atoms. The first kappa shape index (κ1) is 23.1. The number of rotatable bonds is 9. The van der Waals surface area contributed by atoms with Gasteiger partial charge in [-0.05, 0) is 39.9 Å². The summed E-state index contributed by atoms with van der Waals surface area (Å²) < 4.78 is 15.9. The van der Waals surface area contributed by atoms with Crippen molar-refractivity contribution in [1.29, 1.82) is 0 Å². The molecule has 0 bridgehead atoms. The summed E-state index contributed by atoms with van der Waals surface area (Å²) in [5.74, 6) is 0.0982. The summed E-state index contributed by atoms with van der Waals surface area (Å²) in [6.07, 6.45) is 1.26. The summed E-state index contributed by atoms with van der Waals surface area (Å²) in [7, 11) is 1.29. The number of esters is 1. The monoisotopic (exact) mass is 457 g/mol. The van der Waals surface area contributed by atoms with E-state index in [0.29, 0.717) is 12.4 Å². The van der Waals surface area contributed by atoms with Crippen molar-refractivity contribution in [3.05, 3.63) is 102 Å². The minimum atomic E-state index is -0.874. The third kappa shape index (κ3) is 5.12. The molecule has 174 valence electrons. The highest BCUT2D eigenvalue weighted by molar-refractivity contribution is 5.82. The van der Waals surface area contributed by atoms with Crippen molar-refractivity contribution in [2.75, 3.05) is 20.3 Å². The minimum Gasteiger partial charge on any atom is -0.490 e. The maximum atomic E-state index is 12.6. The van der Waals surface area contributed by atoms with E-state index in [1.165, 1.54) is 7.11 Å². The predicted octanol–water partition coefficient (Wildman–Crippen LogP) is 4.87. The quantitative estimate of drug-likeness (QED) is 0.366. The third-order valence-electron chi connectivity index (χ3n) is 5.85. The Labute approximate surface area is 199 Å². The first-order valence-corrected chi connectivity index (χ1v) is 11.1. The second-order valence-corrected chi connectivity index (χ2v) is 7.99. The van der Waals surface area contributed by atoms with E-state index < -0.39 is 18.1 Å². The number of hydrogen-bond donors (Lipinski definition) is 1. The Morgan fingerprint density at radius 2 is 1.59 bits per heavy atom. The molecule has 0 saturated carbocycles. The summed E-state index contributed by atoms with van der Waals surface area (Å²) >= 11 is 0. The average molecular weight is 458 g/mol. The van der Waals surface area contributed by atoms with Crippen LogP contribution in [0.2, 0.25) is 0 Å². The van der Waals surface area contributed by atoms with Crippen LogP contribution in [0.25, 0.3) is 11.1 Å². The van der Waals surface area contributed by atoms with Gasteiger partial charge in [0.15, 0.2) is 0 Å². The molecule has 0 radical (unpaired) electrons. The van der Waals surface area contributed by atoms with Crippen molar-refractivity contribution in [1.82, 2.24) is 5.32 Å². The Balaban J connectivity index is 1.40. The number of hydrogen-bond acceptors (Lipinski definition) is 5. The molecule has 34 heavy (non-hydrogen) atoms. The molecule has 6 nitrogen and oxygen atoms in total. The fourth-order valence-corrected chi connectivity index (χ4v) is 4.23. The fourth-order valence-electron chi connectivity index (χ4n) is 4.23. The highest BCUT2D eigenvalue weighted by atomic mass is 16.6. The van der Waals surface area contributed by atoms with E-state index in [-0.39, 0.29) is 18.9 Å². The van der Waals surface area contributed by atoms with Crippen molar-refractivity contribution in [3.63, 3.8) is 0 Å². The van der Waals surface area contributed by atoms with Gasteiger partial charge in [0.05, 0.1) is 7.11 Å². The van der Waals surface area contributed by atoms with Crippen molar-refractivity contribution >= 4 is 12.1 Å². The molecular formula is C28H27NO5. The zero-order chi connectivity index (χ0) is 23.9. The Morgan fingerprint density at radius 3 is 2.18 bits per heavy atom. The minimum absolute atomic E-state index is 0.0576. The molecule has 6 heteroatoms. The van der Waals surface area contributed by atoms with E-state index in [4.69, 9.17) is 14.2 Å². The van der Waals surface area contributed by atoms with Gasteiger partial charge in [-0.15, -0.1) is 0 Å². The second-order valence-electron chi connectivity index (χ2n) is 7.99. The Bertz CT molecular complexity index is 1130. The number of methoxy groups -OCH3 is 1. The smallest absolute Gasteiger partial charge is 0.407 e. The summed E-state index contributed by atoms with van der Waals surface area (Å²) in [5, 5.41) is 2.66. The van der Waals surface area contributed by atoms with Gasteiger partial charge in [-0.25, -0.2) is 9.59 Å². The Morgan fingerprint density at radius 1 is 0.971 bits per heavy atom. The van der Waals surface area contributed by atoms with Crippen LogP contribution in [0.3, 0.4) is 0 Å². The van der Waals surface area contributed by atoms with Gasteiger partial charge in [-0.1, -0.05) is 73.3 Å². The summed E-state index contributed by atoms with van der Waals surface area (Å²) in [5.41, 5.74) is 5.40. The SMILES string of the molecule is C=CCOc1ccc(CC(NC(=O)OCC2c3ccccc3-c3ccccc32)C(=O)OC)cc1. The lowest BCUT2D eigenvalue weighted by Crippen LogP contribution is -2.43. The number of amides is 1. The zero-order valence-electron chi connectivity index (χ0n) is 19.0. The number of nitrogens with one attached hydrogen (secondary N) is 1. The second kappa shape index (κ2) is 10.7. The van der Waals surface area contributed by atoms with Gasteiger partial charge in [0, 0.05) is 12.3 Å². The highest BCUT2D eigenvalue weighted by Crippen LogP contribution is 2.44. The molecule has 3 aromatic carbocycles. The van der Waals surface area contributed by atoms with Gasteiger partial charge in [0.2, 0.25) is 0 Å². The van der Waals surface area contributed by atoms with E-state index in [9.17, 15) is 9.59 Å². The van der Waals surface area contributed by atoms with Gasteiger partial charge in [0.1, 0.15) is 25.0 Å². The number of carbonyl (C=O) groups excluding carboxylic acids is 2. The molecule has 4 rings (SSSR count). The highest BCUT2D eigenvalue weighted by Gasteiger charge is 2.30. The first-order chi connectivity index (χ1) is 16.6. The van der Waals surface area contributed by atoms with Gasteiger partial charge in [-0.3, -0.25) is 0 Å². The summed E-state index contributed by atoms with van der Waals surface area (Å²) in [6.45, 7) is 4.20. The molecule has 1 N–H and O–H groups in total. The number of fused-ring (bicyclic) bond motifs is 3. The lowest BCUT2D eigenvalue weighted by atomic mass is 9.98. The van der Waals surface area contributed by atoms with Crippen molar-refractivity contribution < 1.29 is 23.8 Å². The zero-order valence-corrected chi connectivity index (χ0v) is 19.0. The van der Waals surface area contributed by atoms with Crippen molar-refractivity contribution in [2.45, 2.75) is 18.4 Å². The lowest BCUT2D eigenvalue weighted by Gasteiger charge is -2.19. The number of alkyl carbamates (subject to hydrolysis) is 1. The molecule has 1 aliphatic carbocycles. The first-order valence-electron chi connectivity index (χ1n) is 11.1. The maximum absolute atomic E-state index is 12.6. The van der Waals surface area contributed by atoms with E-state index in [1.807, 2.05) is 36.4 Å². The topological polar surface area (TPSA) is 73.9 Å². The number of carbonyl (C=O) groups is 2. The van der Waals surface area contributed by atoms with Crippen LogP contribution >= 0.6 is 0 Å². The number of benzene rings is 3. The van der Waals surface area contributed by atoms with Crippen LogP contribution in [0.1, 0.15) is 22.6 Å². The molecule has 3 aromatic rings. The van der Waals surface area contributed by atoms with Gasteiger partial charge in [-0.2, -0.15) is 0 Å². The van der Waals surface area contributed by atoms with E-state index in [0.717, 1.165) is 27.8 Å². The van der Waals surface area contributed by atoms with Crippen LogP contribution in [0.5, 0.6) is 5.75 Å². The van der Waals surface area contributed by atoms with E-state index >= 15 is 0 Å². The van der Waals surface area contributed by atoms with Crippen LogP contribution in [-0.4, -0.2) is 38.4 Å². The number of ether oxygens (including phenoxy) is 3. The molecular weight excluding hydrogens is 430 g/mol. The summed E-state index contributed by atoms with van der Waals surface area (Å²) in [6, 6.07) is 22.7. The molecule has 1 amide bonds. The standard InChI is InChI=1S/C28H27NO5/c1-3-16-33-20-14-12-19(13-15-20)17-26(27(30)32-2)29-28(31)34-18-25-23-10-6-4-8-21(23)22-9-5-7-11-24(22)25/h3-15,25-26H,1,16-18H2,2H3,(H,29,31). The van der Waals surface area contributed by atoms with Crippen LogP contribution in [0.15, 0.2) is 85.5 Å². The van der Waals surface area contributed by atoms with Crippen LogP contribution in [0, 0.1) is 0 Å². The average Bonchev–Trinajstić information content (AvgIpc) is 3.20. The molecule has 0 heterocycles. The normalized spacial score (nSPS) is 12.7. The van der Waals surface area contributed by atoms with E-state index in [2.05, 4.69) is 36.2 Å². The van der Waals surface area contributed by atoms with Crippen molar-refractivity contribution in [3.8, 4) is 16.9 Å². The molecule has 0 aromatic heterocycles. The molecule has 1 unspecified atom stereocenters. The van der Waals surface area contributed by atoms with Crippen LogP contribution in [0.4, 0.5) is 4.79 Å². The third-order valence-corrected chi connectivity index (χ3v) is 5.85. The van der Waals surface area contributed by atoms with Crippen LogP contribution in [-0.2, 0) is 20.7 Å². The van der Waals surface area contributed by atoms with Gasteiger partial charge >= 0.3 is 12.1 Å².